The van der Waals surface area contributed by atoms with Gasteiger partial charge in [-0.25, -0.2) is 5.43 Å². The monoisotopic (exact) mass is 426 g/mol. The van der Waals surface area contributed by atoms with E-state index in [0.717, 1.165) is 25.9 Å². The fraction of sp³-hybridized carbons (Fsp3) is 0.125. The van der Waals surface area contributed by atoms with Crippen molar-refractivity contribution in [2.24, 2.45) is 5.10 Å². The van der Waals surface area contributed by atoms with E-state index in [-0.39, 0.29) is 5.91 Å². The predicted octanol–water partition coefficient (Wildman–Crippen LogP) is 5.71. The lowest BCUT2D eigenvalue weighted by Crippen LogP contribution is -2.16. The highest BCUT2D eigenvalue weighted by Crippen LogP contribution is 2.36. The number of amides is 1. The Balaban J connectivity index is 1.76. The number of thiophene rings is 2. The number of carbonyl (C=O) groups excluding carboxylic acids is 1. The molecule has 0 saturated heterocycles. The molecule has 0 aliphatic rings. The number of nitrogens with one attached hydrogen (secondary N) is 1. The van der Waals surface area contributed by atoms with Crippen molar-refractivity contribution in [1.29, 1.82) is 0 Å². The van der Waals surface area contributed by atoms with Crippen LogP contribution in [0.1, 0.15) is 26.3 Å². The quantitative estimate of drug-likeness (QED) is 0.421. The van der Waals surface area contributed by atoms with Crippen LogP contribution in [0.15, 0.2) is 39.9 Å². The average Bonchev–Trinajstić information content (AvgIpc) is 3.12. The summed E-state index contributed by atoms with van der Waals surface area (Å²) >= 11 is 12.7. The summed E-state index contributed by atoms with van der Waals surface area (Å²) in [6, 6.07) is 9.81. The molecule has 0 fully saturated rings. The third-order valence-corrected chi connectivity index (χ3v) is 6.50. The van der Waals surface area contributed by atoms with E-state index in [9.17, 15) is 4.79 Å². The molecule has 3 rings (SSSR count). The Morgan fingerprint density at radius 1 is 1.35 bits per heavy atom. The number of aryl methyl sites for hydroxylation is 1. The van der Waals surface area contributed by atoms with E-state index in [1.807, 2.05) is 24.3 Å². The molecule has 23 heavy (non-hydrogen) atoms. The summed E-state index contributed by atoms with van der Waals surface area (Å²) in [6.45, 7) is 2.11. The van der Waals surface area contributed by atoms with Crippen LogP contribution in [0.2, 0.25) is 5.02 Å². The third-order valence-electron chi connectivity index (χ3n) is 3.19. The Morgan fingerprint density at radius 3 is 2.91 bits per heavy atom. The lowest BCUT2D eigenvalue weighted by Gasteiger charge is -1.96. The molecule has 0 saturated carbocycles. The summed E-state index contributed by atoms with van der Waals surface area (Å²) in [5.41, 5.74) is 2.54. The van der Waals surface area contributed by atoms with Gasteiger partial charge in [0.25, 0.3) is 5.91 Å². The zero-order valence-corrected chi connectivity index (χ0v) is 16.1. The van der Waals surface area contributed by atoms with Gasteiger partial charge in [0.1, 0.15) is 4.88 Å². The van der Waals surface area contributed by atoms with Crippen LogP contribution in [0.3, 0.4) is 0 Å². The molecule has 1 N–H and O–H groups in total. The number of fused-ring (bicyclic) bond motifs is 1. The highest BCUT2D eigenvalue weighted by atomic mass is 79.9. The summed E-state index contributed by atoms with van der Waals surface area (Å²) in [4.78, 5) is 15.0. The summed E-state index contributed by atoms with van der Waals surface area (Å²) in [6.07, 6.45) is 2.65. The number of rotatable bonds is 4. The van der Waals surface area contributed by atoms with Crippen LogP contribution in [-0.4, -0.2) is 12.1 Å². The van der Waals surface area contributed by atoms with Gasteiger partial charge in [0, 0.05) is 24.3 Å². The molecular formula is C16H12BrClN2OS2. The molecule has 1 amide bonds. The first-order valence-electron chi connectivity index (χ1n) is 6.88. The number of benzene rings is 1. The standard InChI is InChI=1S/C16H12BrClN2OS2/c1-2-10-4-5-11(22-10)8-19-20-16(21)15-14(18)12-6-3-9(17)7-13(12)23-15/h3-8H,2H2,1H3,(H,20,21). The lowest BCUT2D eigenvalue weighted by molar-refractivity contribution is 0.0959. The topological polar surface area (TPSA) is 41.5 Å². The molecule has 0 unspecified atom stereocenters. The fourth-order valence-electron chi connectivity index (χ4n) is 2.04. The zero-order chi connectivity index (χ0) is 16.4. The molecular weight excluding hydrogens is 416 g/mol. The van der Waals surface area contributed by atoms with Gasteiger partial charge in [-0.1, -0.05) is 40.5 Å². The first kappa shape index (κ1) is 16.6. The molecule has 2 heterocycles. The average molecular weight is 428 g/mol. The molecule has 3 nitrogen and oxygen atoms in total. The van der Waals surface area contributed by atoms with Crippen molar-refractivity contribution in [2.75, 3.05) is 0 Å². The van der Waals surface area contributed by atoms with E-state index >= 15 is 0 Å². The van der Waals surface area contributed by atoms with Gasteiger partial charge in [0.05, 0.1) is 11.2 Å². The van der Waals surface area contributed by atoms with Crippen LogP contribution in [0.5, 0.6) is 0 Å². The van der Waals surface area contributed by atoms with Crippen molar-refractivity contribution < 1.29 is 4.79 Å². The van der Waals surface area contributed by atoms with Gasteiger partial charge in [0.15, 0.2) is 0 Å². The molecule has 7 heteroatoms. The smallest absolute Gasteiger partial charge is 0.266 e. The van der Waals surface area contributed by atoms with Crippen LogP contribution in [0.25, 0.3) is 10.1 Å². The Hall–Kier alpha value is -1.21. The van der Waals surface area contributed by atoms with E-state index in [4.69, 9.17) is 11.6 Å². The number of hydrazone groups is 1. The SMILES string of the molecule is CCc1ccc(C=NNC(=O)c2sc3cc(Br)ccc3c2Cl)s1. The number of hydrogen-bond donors (Lipinski definition) is 1. The second kappa shape index (κ2) is 7.13. The third kappa shape index (κ3) is 3.66. The van der Waals surface area contributed by atoms with Gasteiger partial charge in [-0.05, 0) is 30.7 Å². The van der Waals surface area contributed by atoms with Gasteiger partial charge in [-0.2, -0.15) is 5.10 Å². The van der Waals surface area contributed by atoms with Crippen LogP contribution in [0.4, 0.5) is 0 Å². The molecule has 118 valence electrons. The molecule has 1 aromatic carbocycles. The zero-order valence-electron chi connectivity index (χ0n) is 12.1. The Labute approximate surface area is 155 Å². The Morgan fingerprint density at radius 2 is 2.17 bits per heavy atom. The van der Waals surface area contributed by atoms with Gasteiger partial charge in [0.2, 0.25) is 0 Å². The van der Waals surface area contributed by atoms with Crippen molar-refractivity contribution >= 4 is 72.4 Å². The van der Waals surface area contributed by atoms with Crippen molar-refractivity contribution in [2.45, 2.75) is 13.3 Å². The van der Waals surface area contributed by atoms with Crippen LogP contribution in [0, 0.1) is 0 Å². The van der Waals surface area contributed by atoms with Crippen molar-refractivity contribution in [3.63, 3.8) is 0 Å². The summed E-state index contributed by atoms with van der Waals surface area (Å²) < 4.78 is 1.92. The molecule has 0 aliphatic carbocycles. The lowest BCUT2D eigenvalue weighted by atomic mass is 10.2. The number of carbonyl (C=O) groups is 1. The second-order valence-corrected chi connectivity index (χ2v) is 8.29. The van der Waals surface area contributed by atoms with Crippen LogP contribution in [-0.2, 0) is 6.42 Å². The fourth-order valence-corrected chi connectivity index (χ4v) is 4.83. The van der Waals surface area contributed by atoms with Crippen LogP contribution >= 0.6 is 50.2 Å². The van der Waals surface area contributed by atoms with Gasteiger partial charge in [-0.15, -0.1) is 22.7 Å². The van der Waals surface area contributed by atoms with E-state index in [2.05, 4.69) is 39.4 Å². The summed E-state index contributed by atoms with van der Waals surface area (Å²) in [5, 5.41) is 5.36. The maximum Gasteiger partial charge on any atom is 0.283 e. The Kier molecular flexibility index (Phi) is 5.16. The number of hydrogen-bond acceptors (Lipinski definition) is 4. The van der Waals surface area contributed by atoms with E-state index in [1.165, 1.54) is 16.2 Å². The van der Waals surface area contributed by atoms with E-state index < -0.39 is 0 Å². The Bertz CT molecular complexity index is 901. The maximum absolute atomic E-state index is 12.3. The largest absolute Gasteiger partial charge is 0.283 e. The molecule has 0 spiro atoms. The molecule has 0 aliphatic heterocycles. The van der Waals surface area contributed by atoms with Crippen LogP contribution < -0.4 is 5.43 Å². The minimum absolute atomic E-state index is 0.296. The first-order chi connectivity index (χ1) is 11.1. The van der Waals surface area contributed by atoms with Crippen molar-refractivity contribution in [3.8, 4) is 0 Å². The second-order valence-electron chi connectivity index (χ2n) is 4.74. The number of nitrogens with zero attached hydrogens (tertiary/aromatic N) is 1. The van der Waals surface area contributed by atoms with Gasteiger partial charge >= 0.3 is 0 Å². The molecule has 3 aromatic rings. The molecule has 0 atom stereocenters. The van der Waals surface area contributed by atoms with Crippen molar-refractivity contribution in [1.82, 2.24) is 5.43 Å². The first-order valence-corrected chi connectivity index (χ1v) is 9.68. The summed E-state index contributed by atoms with van der Waals surface area (Å²) in [7, 11) is 0. The predicted molar refractivity (Wildman–Crippen MR) is 103 cm³/mol. The normalized spacial score (nSPS) is 11.4. The van der Waals surface area contributed by atoms with Gasteiger partial charge in [-0.3, -0.25) is 4.79 Å². The van der Waals surface area contributed by atoms with Gasteiger partial charge < -0.3 is 0 Å². The number of halogens is 2. The highest BCUT2D eigenvalue weighted by Gasteiger charge is 2.16. The summed E-state index contributed by atoms with van der Waals surface area (Å²) in [5.74, 6) is -0.296. The maximum atomic E-state index is 12.3. The molecule has 2 aromatic heterocycles. The van der Waals surface area contributed by atoms with Crippen molar-refractivity contribution in [3.05, 3.63) is 54.5 Å². The van der Waals surface area contributed by atoms with E-state index in [1.54, 1.807) is 17.6 Å². The highest BCUT2D eigenvalue weighted by molar-refractivity contribution is 9.10. The molecule has 0 bridgehead atoms. The minimum Gasteiger partial charge on any atom is -0.266 e. The van der Waals surface area contributed by atoms with E-state index in [0.29, 0.717) is 9.90 Å². The molecule has 0 radical (unpaired) electrons. The minimum atomic E-state index is -0.296.